The molecule has 0 atom stereocenters. The van der Waals surface area contributed by atoms with Gasteiger partial charge in [-0.05, 0) is 31.4 Å². The third-order valence-electron chi connectivity index (χ3n) is 3.25. The maximum absolute atomic E-state index is 5.84. The maximum Gasteiger partial charge on any atom is 0.128 e. The fraction of sp³-hybridized carbons (Fsp3) is 0.615. The first-order valence-electron chi connectivity index (χ1n) is 6.08. The van der Waals surface area contributed by atoms with E-state index in [1.165, 1.54) is 25.7 Å². The van der Waals surface area contributed by atoms with Crippen LogP contribution in [-0.4, -0.2) is 18.1 Å². The van der Waals surface area contributed by atoms with Crippen LogP contribution in [0.5, 0.6) is 0 Å². The first kappa shape index (κ1) is 11.7. The van der Waals surface area contributed by atoms with Crippen LogP contribution in [0.1, 0.15) is 36.9 Å². The minimum absolute atomic E-state index is 0.555. The first-order chi connectivity index (χ1) is 7.81. The average molecular weight is 239 g/mol. The van der Waals surface area contributed by atoms with Gasteiger partial charge in [0.05, 0.1) is 0 Å². The molecule has 0 N–H and O–H groups in total. The normalized spacial score (nSPS) is 17.2. The molecule has 0 aliphatic carbocycles. The minimum Gasteiger partial charge on any atom is -0.357 e. The second-order valence-electron chi connectivity index (χ2n) is 4.45. The summed E-state index contributed by atoms with van der Waals surface area (Å²) in [5, 5.41) is 0. The van der Waals surface area contributed by atoms with Crippen molar-refractivity contribution in [2.24, 2.45) is 0 Å². The predicted molar refractivity (Wildman–Crippen MR) is 69.2 cm³/mol. The van der Waals surface area contributed by atoms with Gasteiger partial charge in [0.25, 0.3) is 0 Å². The number of hydrogen-bond acceptors (Lipinski definition) is 2. The summed E-state index contributed by atoms with van der Waals surface area (Å²) in [5.41, 5.74) is 2.21. The first-order valence-corrected chi connectivity index (χ1v) is 6.62. The van der Waals surface area contributed by atoms with Crippen molar-refractivity contribution in [1.82, 2.24) is 4.98 Å². The van der Waals surface area contributed by atoms with Gasteiger partial charge in [-0.3, -0.25) is 0 Å². The summed E-state index contributed by atoms with van der Waals surface area (Å²) < 4.78 is 0. The Morgan fingerprint density at radius 2 is 1.88 bits per heavy atom. The Labute approximate surface area is 103 Å². The van der Waals surface area contributed by atoms with E-state index in [0.717, 1.165) is 30.2 Å². The van der Waals surface area contributed by atoms with Gasteiger partial charge in [-0.15, -0.1) is 11.6 Å². The van der Waals surface area contributed by atoms with Crippen LogP contribution in [-0.2, 0) is 5.88 Å². The van der Waals surface area contributed by atoms with Crippen LogP contribution in [0, 0.1) is 6.92 Å². The summed E-state index contributed by atoms with van der Waals surface area (Å²) in [7, 11) is 0. The van der Waals surface area contributed by atoms with Crippen LogP contribution in [0.25, 0.3) is 0 Å². The van der Waals surface area contributed by atoms with E-state index in [1.807, 2.05) is 6.92 Å². The van der Waals surface area contributed by atoms with Gasteiger partial charge < -0.3 is 4.90 Å². The third kappa shape index (κ3) is 2.67. The van der Waals surface area contributed by atoms with E-state index >= 15 is 0 Å². The number of anilines is 1. The van der Waals surface area contributed by atoms with Crippen molar-refractivity contribution >= 4 is 17.4 Å². The van der Waals surface area contributed by atoms with Gasteiger partial charge in [-0.2, -0.15) is 0 Å². The topological polar surface area (TPSA) is 16.1 Å². The van der Waals surface area contributed by atoms with E-state index in [0.29, 0.717) is 5.88 Å². The fourth-order valence-electron chi connectivity index (χ4n) is 2.19. The molecule has 1 fully saturated rings. The van der Waals surface area contributed by atoms with Gasteiger partial charge in [0.15, 0.2) is 0 Å². The molecule has 1 aromatic heterocycles. The van der Waals surface area contributed by atoms with Gasteiger partial charge in [0, 0.05) is 24.7 Å². The molecular weight excluding hydrogens is 220 g/mol. The van der Waals surface area contributed by atoms with Crippen molar-refractivity contribution in [3.8, 4) is 0 Å². The van der Waals surface area contributed by atoms with Crippen molar-refractivity contribution in [2.75, 3.05) is 18.0 Å². The predicted octanol–water partition coefficient (Wildman–Crippen LogP) is 3.51. The van der Waals surface area contributed by atoms with E-state index in [2.05, 4.69) is 22.0 Å². The molecule has 1 aliphatic rings. The molecule has 0 radical (unpaired) electrons. The fourth-order valence-corrected chi connectivity index (χ4v) is 2.48. The van der Waals surface area contributed by atoms with E-state index in [-0.39, 0.29) is 0 Å². The number of alkyl halides is 1. The number of aromatic nitrogens is 1. The molecule has 0 aromatic carbocycles. The van der Waals surface area contributed by atoms with E-state index in [4.69, 9.17) is 11.6 Å². The van der Waals surface area contributed by atoms with Crippen molar-refractivity contribution in [3.63, 3.8) is 0 Å². The van der Waals surface area contributed by atoms with Crippen molar-refractivity contribution in [1.29, 1.82) is 0 Å². The van der Waals surface area contributed by atoms with Crippen molar-refractivity contribution in [3.05, 3.63) is 23.4 Å². The number of nitrogens with zero attached hydrogens (tertiary/aromatic N) is 2. The number of pyridine rings is 1. The van der Waals surface area contributed by atoms with Crippen molar-refractivity contribution in [2.45, 2.75) is 38.5 Å². The standard InChI is InChI=1S/C13H19ClN2/c1-11-12(10-14)6-7-13(15-11)16-8-4-2-3-5-9-16/h6-7H,2-5,8-10H2,1H3. The van der Waals surface area contributed by atoms with Gasteiger partial charge in [0.2, 0.25) is 0 Å². The Bertz CT molecular complexity index is 344. The van der Waals surface area contributed by atoms with E-state index in [9.17, 15) is 0 Å². The van der Waals surface area contributed by atoms with Crippen LogP contribution in [0.3, 0.4) is 0 Å². The van der Waals surface area contributed by atoms with Crippen molar-refractivity contribution < 1.29 is 0 Å². The molecular formula is C13H19ClN2. The summed E-state index contributed by atoms with van der Waals surface area (Å²) in [5.74, 6) is 1.67. The molecule has 1 aromatic rings. The summed E-state index contributed by atoms with van der Waals surface area (Å²) in [4.78, 5) is 7.05. The summed E-state index contributed by atoms with van der Waals surface area (Å²) in [6.07, 6.45) is 5.29. The number of rotatable bonds is 2. The number of hydrogen-bond donors (Lipinski definition) is 0. The Morgan fingerprint density at radius 1 is 1.19 bits per heavy atom. The zero-order valence-electron chi connectivity index (χ0n) is 9.88. The molecule has 0 unspecified atom stereocenters. The van der Waals surface area contributed by atoms with Gasteiger partial charge in [0.1, 0.15) is 5.82 Å². The summed E-state index contributed by atoms with van der Waals surface area (Å²) >= 11 is 5.84. The van der Waals surface area contributed by atoms with E-state index < -0.39 is 0 Å². The molecule has 0 spiro atoms. The van der Waals surface area contributed by atoms with Crippen LogP contribution in [0.15, 0.2) is 12.1 Å². The summed E-state index contributed by atoms with van der Waals surface area (Å²) in [6, 6.07) is 4.21. The molecule has 0 amide bonds. The Morgan fingerprint density at radius 3 is 2.44 bits per heavy atom. The molecule has 0 bridgehead atoms. The Balaban J connectivity index is 2.16. The number of aryl methyl sites for hydroxylation is 1. The molecule has 16 heavy (non-hydrogen) atoms. The quantitative estimate of drug-likeness (QED) is 0.733. The molecule has 0 saturated carbocycles. The van der Waals surface area contributed by atoms with Crippen LogP contribution in [0.2, 0.25) is 0 Å². The Kier molecular flexibility index (Phi) is 4.05. The maximum atomic E-state index is 5.84. The SMILES string of the molecule is Cc1nc(N2CCCCCC2)ccc1CCl. The Hall–Kier alpha value is -0.760. The molecule has 1 saturated heterocycles. The largest absolute Gasteiger partial charge is 0.357 e. The smallest absolute Gasteiger partial charge is 0.128 e. The highest BCUT2D eigenvalue weighted by atomic mass is 35.5. The molecule has 2 rings (SSSR count). The molecule has 2 heterocycles. The zero-order chi connectivity index (χ0) is 11.4. The summed E-state index contributed by atoms with van der Waals surface area (Å²) in [6.45, 7) is 4.33. The molecule has 88 valence electrons. The lowest BCUT2D eigenvalue weighted by Gasteiger charge is -2.22. The lowest BCUT2D eigenvalue weighted by atomic mass is 10.2. The highest BCUT2D eigenvalue weighted by Crippen LogP contribution is 2.19. The third-order valence-corrected chi connectivity index (χ3v) is 3.54. The van der Waals surface area contributed by atoms with E-state index in [1.54, 1.807) is 0 Å². The van der Waals surface area contributed by atoms with Gasteiger partial charge >= 0.3 is 0 Å². The lowest BCUT2D eigenvalue weighted by molar-refractivity contribution is 0.726. The minimum atomic E-state index is 0.555. The van der Waals surface area contributed by atoms with Gasteiger partial charge in [-0.1, -0.05) is 18.9 Å². The highest BCUT2D eigenvalue weighted by Gasteiger charge is 2.11. The lowest BCUT2D eigenvalue weighted by Crippen LogP contribution is -2.25. The second kappa shape index (κ2) is 5.53. The number of halogens is 1. The molecule has 3 heteroatoms. The average Bonchev–Trinajstić information content (AvgIpc) is 2.57. The monoisotopic (exact) mass is 238 g/mol. The van der Waals surface area contributed by atoms with Crippen LogP contribution >= 0.6 is 11.6 Å². The molecule has 1 aliphatic heterocycles. The highest BCUT2D eigenvalue weighted by molar-refractivity contribution is 6.17. The van der Waals surface area contributed by atoms with Crippen LogP contribution < -0.4 is 4.90 Å². The molecule has 2 nitrogen and oxygen atoms in total. The van der Waals surface area contributed by atoms with Gasteiger partial charge in [-0.25, -0.2) is 4.98 Å². The zero-order valence-corrected chi connectivity index (χ0v) is 10.6. The second-order valence-corrected chi connectivity index (χ2v) is 4.72. The van der Waals surface area contributed by atoms with Crippen LogP contribution in [0.4, 0.5) is 5.82 Å².